The lowest BCUT2D eigenvalue weighted by Gasteiger charge is -2.34. The Morgan fingerprint density at radius 3 is 2.81 bits per heavy atom. The highest BCUT2D eigenvalue weighted by Crippen LogP contribution is 2.37. The number of hydrogen-bond acceptors (Lipinski definition) is 7. The first kappa shape index (κ1) is 23.7. The number of fused-ring (bicyclic) bond motifs is 1. The van der Waals surface area contributed by atoms with Gasteiger partial charge in [-0.2, -0.15) is 5.10 Å². The minimum atomic E-state index is -0.677. The number of rotatable bonds is 5. The molecule has 1 amide bonds. The van der Waals surface area contributed by atoms with Crippen molar-refractivity contribution in [3.63, 3.8) is 0 Å². The lowest BCUT2D eigenvalue weighted by atomic mass is 9.88. The van der Waals surface area contributed by atoms with Crippen LogP contribution in [-0.2, 0) is 0 Å². The summed E-state index contributed by atoms with van der Waals surface area (Å²) >= 11 is 7.03. The van der Waals surface area contributed by atoms with E-state index >= 15 is 0 Å². The maximum absolute atomic E-state index is 15.0. The minimum Gasteiger partial charge on any atom is -0.393 e. The Labute approximate surface area is 219 Å². The highest BCUT2D eigenvalue weighted by molar-refractivity contribution is 7.17. The molecular formula is C25H21ClFN7O2S. The van der Waals surface area contributed by atoms with Gasteiger partial charge < -0.3 is 15.0 Å². The maximum atomic E-state index is 15.0. The summed E-state index contributed by atoms with van der Waals surface area (Å²) in [6, 6.07) is 9.56. The molecule has 0 saturated heterocycles. The molecule has 1 saturated carbocycles. The van der Waals surface area contributed by atoms with Gasteiger partial charge in [0, 0.05) is 18.3 Å². The third-order valence-electron chi connectivity index (χ3n) is 6.50. The highest BCUT2D eigenvalue weighted by atomic mass is 35.5. The molecule has 3 N–H and O–H groups in total. The third-order valence-corrected chi connectivity index (χ3v) is 7.61. The summed E-state index contributed by atoms with van der Waals surface area (Å²) in [7, 11) is 0. The molecule has 12 heteroatoms. The van der Waals surface area contributed by atoms with Gasteiger partial charge >= 0.3 is 0 Å². The van der Waals surface area contributed by atoms with Crippen LogP contribution in [0, 0.1) is 5.82 Å². The highest BCUT2D eigenvalue weighted by Gasteiger charge is 2.33. The molecule has 1 unspecified atom stereocenters. The third kappa shape index (κ3) is 4.61. The molecule has 37 heavy (non-hydrogen) atoms. The molecule has 188 valence electrons. The van der Waals surface area contributed by atoms with E-state index in [9.17, 15) is 14.3 Å². The Bertz CT molecular complexity index is 1590. The molecule has 3 atom stereocenters. The van der Waals surface area contributed by atoms with Crippen molar-refractivity contribution in [2.24, 2.45) is 0 Å². The normalized spacial score (nSPS) is 19.8. The van der Waals surface area contributed by atoms with Crippen LogP contribution in [0.4, 0.5) is 4.39 Å². The van der Waals surface area contributed by atoms with Crippen molar-refractivity contribution in [1.82, 2.24) is 35.0 Å². The zero-order valence-corrected chi connectivity index (χ0v) is 20.9. The number of aliphatic hydroxyl groups is 1. The predicted molar refractivity (Wildman–Crippen MR) is 138 cm³/mol. The lowest BCUT2D eigenvalue weighted by molar-refractivity contribution is 0.0747. The number of carbonyl (C=O) groups excluding carboxylic acids is 1. The number of imidazole rings is 1. The lowest BCUT2D eigenvalue weighted by Crippen LogP contribution is -2.43. The second kappa shape index (κ2) is 9.66. The van der Waals surface area contributed by atoms with Gasteiger partial charge in [0.1, 0.15) is 21.5 Å². The van der Waals surface area contributed by atoms with Crippen LogP contribution < -0.4 is 5.32 Å². The summed E-state index contributed by atoms with van der Waals surface area (Å²) in [5.74, 6) is -0.305. The van der Waals surface area contributed by atoms with E-state index in [1.165, 1.54) is 12.3 Å². The maximum Gasteiger partial charge on any atom is 0.280 e. The monoisotopic (exact) mass is 537 g/mol. The average molecular weight is 538 g/mol. The second-order valence-corrected chi connectivity index (χ2v) is 10.6. The van der Waals surface area contributed by atoms with Gasteiger partial charge in [0.2, 0.25) is 0 Å². The van der Waals surface area contributed by atoms with Crippen molar-refractivity contribution >= 4 is 39.9 Å². The van der Waals surface area contributed by atoms with Crippen LogP contribution >= 0.6 is 22.9 Å². The SMILES string of the molecule is O=C(N[C@H]1CC(n2c(-c3ccccc3F)nc3cnc(-c4ccn[nH]4)cc32)C[C@H](O)C1)c1ncc(Cl)s1. The number of benzene rings is 1. The number of thiazole rings is 1. The molecule has 5 aromatic rings. The molecule has 1 aromatic carbocycles. The van der Waals surface area contributed by atoms with Crippen LogP contribution in [0.5, 0.6) is 0 Å². The van der Waals surface area contributed by atoms with Gasteiger partial charge in [-0.3, -0.25) is 14.9 Å². The predicted octanol–water partition coefficient (Wildman–Crippen LogP) is 4.62. The van der Waals surface area contributed by atoms with Crippen molar-refractivity contribution < 1.29 is 14.3 Å². The molecule has 6 rings (SSSR count). The van der Waals surface area contributed by atoms with E-state index in [0.29, 0.717) is 46.2 Å². The molecule has 0 spiro atoms. The molecule has 1 aliphatic rings. The number of carbonyl (C=O) groups is 1. The molecule has 4 heterocycles. The van der Waals surface area contributed by atoms with Crippen molar-refractivity contribution in [3.05, 3.63) is 70.1 Å². The Balaban J connectivity index is 1.42. The van der Waals surface area contributed by atoms with Crippen LogP contribution in [-0.4, -0.2) is 52.9 Å². The Hall–Kier alpha value is -3.67. The Morgan fingerprint density at radius 1 is 1.19 bits per heavy atom. The number of pyridine rings is 1. The largest absolute Gasteiger partial charge is 0.393 e. The Kier molecular flexibility index (Phi) is 6.19. The van der Waals surface area contributed by atoms with E-state index in [0.717, 1.165) is 22.5 Å². The number of nitrogens with one attached hydrogen (secondary N) is 2. The summed E-state index contributed by atoms with van der Waals surface area (Å²) in [4.78, 5) is 26.1. The number of aliphatic hydroxyl groups excluding tert-OH is 1. The van der Waals surface area contributed by atoms with E-state index in [4.69, 9.17) is 16.6 Å². The second-order valence-electron chi connectivity index (χ2n) is 8.97. The summed E-state index contributed by atoms with van der Waals surface area (Å²) in [6.07, 6.45) is 5.37. The van der Waals surface area contributed by atoms with Crippen molar-refractivity contribution in [2.45, 2.75) is 37.5 Å². The summed E-state index contributed by atoms with van der Waals surface area (Å²) < 4.78 is 17.3. The van der Waals surface area contributed by atoms with E-state index in [-0.39, 0.29) is 23.0 Å². The number of halogens is 2. The first-order chi connectivity index (χ1) is 18.0. The zero-order chi connectivity index (χ0) is 25.5. The van der Waals surface area contributed by atoms with Crippen molar-refractivity contribution in [3.8, 4) is 22.8 Å². The Morgan fingerprint density at radius 2 is 2.05 bits per heavy atom. The van der Waals surface area contributed by atoms with E-state index in [1.807, 2.05) is 16.7 Å². The standard InChI is InChI=1S/C25H21ClFN7O2S/c26-22-12-29-25(37-22)24(36)31-13-7-14(9-15(35)8-13)34-21-10-19(18-5-6-30-33-18)28-11-20(21)32-23(34)16-3-1-2-4-17(16)27/h1-6,10-15,35H,7-9H2,(H,30,33)(H,31,36)/t13-,14?,15+/m0/s1. The number of amides is 1. The van der Waals surface area contributed by atoms with Crippen molar-refractivity contribution in [1.29, 1.82) is 0 Å². The molecule has 1 aliphatic carbocycles. The van der Waals surface area contributed by atoms with Gasteiger partial charge in [-0.15, -0.1) is 0 Å². The minimum absolute atomic E-state index is 0.261. The fraction of sp³-hybridized carbons (Fsp3) is 0.240. The number of aromatic amines is 1. The summed E-state index contributed by atoms with van der Waals surface area (Å²) in [6.45, 7) is 0. The van der Waals surface area contributed by atoms with E-state index in [2.05, 4.69) is 25.5 Å². The molecule has 0 bridgehead atoms. The number of hydrogen-bond donors (Lipinski definition) is 3. The topological polar surface area (TPSA) is 122 Å². The van der Waals surface area contributed by atoms with Crippen LogP contribution in [0.2, 0.25) is 4.34 Å². The average Bonchev–Trinajstić information content (AvgIpc) is 3.63. The van der Waals surface area contributed by atoms with Gasteiger partial charge in [0.05, 0.1) is 41.0 Å². The van der Waals surface area contributed by atoms with Crippen LogP contribution in [0.25, 0.3) is 33.8 Å². The molecule has 1 fully saturated rings. The van der Waals surface area contributed by atoms with Gasteiger partial charge in [-0.05, 0) is 43.5 Å². The van der Waals surface area contributed by atoms with Gasteiger partial charge in [-0.25, -0.2) is 14.4 Å². The van der Waals surface area contributed by atoms with E-state index in [1.54, 1.807) is 30.6 Å². The molecule has 0 aliphatic heterocycles. The van der Waals surface area contributed by atoms with Crippen LogP contribution in [0.15, 0.2) is 55.0 Å². The smallest absolute Gasteiger partial charge is 0.280 e. The van der Waals surface area contributed by atoms with Crippen LogP contribution in [0.1, 0.15) is 35.1 Å². The number of nitrogens with zero attached hydrogens (tertiary/aromatic N) is 5. The molecule has 0 radical (unpaired) electrons. The summed E-state index contributed by atoms with van der Waals surface area (Å²) in [5.41, 5.74) is 3.08. The first-order valence-electron chi connectivity index (χ1n) is 11.7. The molecule has 4 aromatic heterocycles. The van der Waals surface area contributed by atoms with Crippen molar-refractivity contribution in [2.75, 3.05) is 0 Å². The number of H-pyrrole nitrogens is 1. The summed E-state index contributed by atoms with van der Waals surface area (Å²) in [5, 5.41) is 21.0. The van der Waals surface area contributed by atoms with Crippen LogP contribution in [0.3, 0.4) is 0 Å². The fourth-order valence-electron chi connectivity index (χ4n) is 4.94. The number of aromatic nitrogens is 6. The molecule has 9 nitrogen and oxygen atoms in total. The first-order valence-corrected chi connectivity index (χ1v) is 12.9. The van der Waals surface area contributed by atoms with Gasteiger partial charge in [0.25, 0.3) is 5.91 Å². The van der Waals surface area contributed by atoms with Gasteiger partial charge in [-0.1, -0.05) is 35.1 Å². The quantitative estimate of drug-likeness (QED) is 0.301. The fourth-order valence-corrected chi connectivity index (χ4v) is 5.76. The van der Waals surface area contributed by atoms with Gasteiger partial charge in [0.15, 0.2) is 5.01 Å². The molecular weight excluding hydrogens is 517 g/mol. The van der Waals surface area contributed by atoms with E-state index < -0.39 is 11.9 Å². The zero-order valence-electron chi connectivity index (χ0n) is 19.3.